The van der Waals surface area contributed by atoms with Gasteiger partial charge in [-0.1, -0.05) is 6.42 Å². The number of aromatic nitrogens is 1. The number of carbonyl (C=O) groups excluding carboxylic acids is 1. The average Bonchev–Trinajstić information content (AvgIpc) is 3.19. The number of hydrogen-bond acceptors (Lipinski definition) is 5. The highest BCUT2D eigenvalue weighted by atomic mass is 35.5. The molecule has 2 fully saturated rings. The van der Waals surface area contributed by atoms with Crippen LogP contribution in [0.5, 0.6) is 0 Å². The summed E-state index contributed by atoms with van der Waals surface area (Å²) in [5.74, 6) is 1.12. The Hall–Kier alpha value is -0.660. The number of nitrogens with one attached hydrogen (secondary N) is 1. The minimum absolute atomic E-state index is 0. The number of thiazole rings is 1. The molecule has 2 aliphatic rings. The summed E-state index contributed by atoms with van der Waals surface area (Å²) in [5, 5.41) is 8.31. The fourth-order valence-corrected chi connectivity index (χ4v) is 5.68. The van der Waals surface area contributed by atoms with E-state index < -0.39 is 0 Å². The van der Waals surface area contributed by atoms with E-state index in [4.69, 9.17) is 5.73 Å². The van der Waals surface area contributed by atoms with Crippen LogP contribution < -0.4 is 11.1 Å². The van der Waals surface area contributed by atoms with Gasteiger partial charge >= 0.3 is 0 Å². The number of nitrogens with two attached hydrogens (primary N) is 1. The first kappa shape index (κ1) is 20.6. The molecule has 8 heteroatoms. The van der Waals surface area contributed by atoms with E-state index in [1.807, 2.05) is 11.4 Å². The maximum Gasteiger partial charge on any atom is 0.263 e. The van der Waals surface area contributed by atoms with Gasteiger partial charge in [-0.3, -0.25) is 4.79 Å². The molecule has 2 heterocycles. The summed E-state index contributed by atoms with van der Waals surface area (Å²) < 4.78 is 0. The van der Waals surface area contributed by atoms with Gasteiger partial charge in [0.25, 0.3) is 5.91 Å². The quantitative estimate of drug-likeness (QED) is 0.776. The normalized spacial score (nSPS) is 27.7. The van der Waals surface area contributed by atoms with Gasteiger partial charge in [-0.15, -0.1) is 36.2 Å². The molecule has 4 rings (SSSR count). The van der Waals surface area contributed by atoms with Gasteiger partial charge in [0.1, 0.15) is 9.88 Å². The van der Waals surface area contributed by atoms with Crippen molar-refractivity contribution < 1.29 is 4.79 Å². The second-order valence-electron chi connectivity index (χ2n) is 6.72. The van der Waals surface area contributed by atoms with Crippen molar-refractivity contribution in [3.8, 4) is 10.6 Å². The Labute approximate surface area is 168 Å². The second-order valence-corrected chi connectivity index (χ2v) is 8.53. The summed E-state index contributed by atoms with van der Waals surface area (Å²) in [6, 6.07) is 2.65. The molecule has 0 spiro atoms. The van der Waals surface area contributed by atoms with E-state index >= 15 is 0 Å². The third kappa shape index (κ3) is 4.37. The maximum atomic E-state index is 12.6. The fraction of sp³-hybridized carbons (Fsp3) is 0.529. The van der Waals surface area contributed by atoms with Crippen LogP contribution >= 0.6 is 47.5 Å². The van der Waals surface area contributed by atoms with Crippen molar-refractivity contribution in [1.82, 2.24) is 10.3 Å². The van der Waals surface area contributed by atoms with Crippen molar-refractivity contribution in [3.05, 3.63) is 27.9 Å². The largest absolute Gasteiger partial charge is 0.348 e. The Bertz CT molecular complexity index is 678. The lowest BCUT2D eigenvalue weighted by molar-refractivity contribution is 0.0759. The van der Waals surface area contributed by atoms with Gasteiger partial charge in [-0.05, 0) is 49.0 Å². The molecule has 2 atom stereocenters. The minimum atomic E-state index is 0. The molecule has 0 radical (unpaired) electrons. The van der Waals surface area contributed by atoms with Gasteiger partial charge in [0.2, 0.25) is 0 Å². The Morgan fingerprint density at radius 1 is 1.24 bits per heavy atom. The molecule has 25 heavy (non-hydrogen) atoms. The lowest BCUT2D eigenvalue weighted by atomic mass is 9.67. The predicted molar refractivity (Wildman–Crippen MR) is 109 cm³/mol. The summed E-state index contributed by atoms with van der Waals surface area (Å²) in [4.78, 5) is 17.7. The Kier molecular flexibility index (Phi) is 7.29. The van der Waals surface area contributed by atoms with E-state index in [-0.39, 0.29) is 30.7 Å². The van der Waals surface area contributed by atoms with Crippen molar-refractivity contribution in [2.75, 3.05) is 0 Å². The lowest BCUT2D eigenvalue weighted by Crippen LogP contribution is -2.53. The van der Waals surface area contributed by atoms with Crippen molar-refractivity contribution >= 4 is 53.4 Å². The SMILES string of the molecule is Cl.Cl.NC1CC2CCCC(C1)C2NC(=O)c1cnc(-c2ccsc2)s1. The van der Waals surface area contributed by atoms with Crippen LogP contribution in [0.15, 0.2) is 23.0 Å². The molecule has 2 aromatic rings. The monoisotopic (exact) mass is 419 g/mol. The van der Waals surface area contributed by atoms with Crippen LogP contribution in [-0.2, 0) is 0 Å². The predicted octanol–water partition coefficient (Wildman–Crippen LogP) is 4.35. The van der Waals surface area contributed by atoms with Gasteiger partial charge in [0, 0.05) is 23.0 Å². The number of hydrogen-bond donors (Lipinski definition) is 2. The van der Waals surface area contributed by atoms with Gasteiger partial charge in [-0.2, -0.15) is 11.3 Å². The highest BCUT2D eigenvalue weighted by Crippen LogP contribution is 2.40. The van der Waals surface area contributed by atoms with E-state index in [9.17, 15) is 4.79 Å². The van der Waals surface area contributed by atoms with Crippen LogP contribution in [0.1, 0.15) is 41.8 Å². The number of amides is 1. The molecule has 138 valence electrons. The molecule has 2 aromatic heterocycles. The average molecular weight is 420 g/mol. The lowest BCUT2D eigenvalue weighted by Gasteiger charge is -2.45. The molecule has 2 bridgehead atoms. The third-order valence-electron chi connectivity index (χ3n) is 5.17. The molecule has 0 aromatic carbocycles. The zero-order chi connectivity index (χ0) is 15.8. The van der Waals surface area contributed by atoms with E-state index in [2.05, 4.69) is 15.7 Å². The molecule has 2 aliphatic carbocycles. The van der Waals surface area contributed by atoms with E-state index in [0.29, 0.717) is 28.8 Å². The van der Waals surface area contributed by atoms with Gasteiger partial charge < -0.3 is 11.1 Å². The summed E-state index contributed by atoms with van der Waals surface area (Å²) in [7, 11) is 0. The van der Waals surface area contributed by atoms with Crippen LogP contribution in [0, 0.1) is 11.8 Å². The first-order valence-electron chi connectivity index (χ1n) is 8.25. The van der Waals surface area contributed by atoms with Crippen LogP contribution in [-0.4, -0.2) is 23.0 Å². The number of thiophene rings is 1. The minimum Gasteiger partial charge on any atom is -0.348 e. The Balaban J connectivity index is 0.00000113. The second kappa shape index (κ2) is 8.82. The van der Waals surface area contributed by atoms with E-state index in [1.165, 1.54) is 30.6 Å². The topological polar surface area (TPSA) is 68.0 Å². The van der Waals surface area contributed by atoms with Crippen molar-refractivity contribution in [2.45, 2.75) is 44.2 Å². The summed E-state index contributed by atoms with van der Waals surface area (Å²) in [6.45, 7) is 0. The van der Waals surface area contributed by atoms with E-state index in [0.717, 1.165) is 23.4 Å². The number of halogens is 2. The molecule has 2 saturated carbocycles. The van der Waals surface area contributed by atoms with Crippen LogP contribution in [0.2, 0.25) is 0 Å². The maximum absolute atomic E-state index is 12.6. The molecule has 0 saturated heterocycles. The molecule has 3 N–H and O–H groups in total. The zero-order valence-electron chi connectivity index (χ0n) is 13.7. The first-order valence-corrected chi connectivity index (χ1v) is 10.0. The molecule has 1 amide bonds. The van der Waals surface area contributed by atoms with Crippen molar-refractivity contribution in [2.24, 2.45) is 17.6 Å². The van der Waals surface area contributed by atoms with E-state index in [1.54, 1.807) is 17.5 Å². The van der Waals surface area contributed by atoms with Crippen LogP contribution in [0.3, 0.4) is 0 Å². The summed E-state index contributed by atoms with van der Waals surface area (Å²) >= 11 is 3.12. The summed E-state index contributed by atoms with van der Waals surface area (Å²) in [6.07, 6.45) is 7.46. The zero-order valence-corrected chi connectivity index (χ0v) is 17.0. The van der Waals surface area contributed by atoms with Gasteiger partial charge in [0.05, 0.1) is 6.20 Å². The number of rotatable bonds is 3. The standard InChI is InChI=1S/C17H21N3OS2.2ClH/c18-13-6-10-2-1-3-11(7-13)15(10)20-16(21)14-8-19-17(23-14)12-4-5-22-9-12;;/h4-5,8-11,13,15H,1-3,6-7,18H2,(H,20,21);2*1H. The molecule has 4 nitrogen and oxygen atoms in total. The number of fused-ring (bicyclic) bond motifs is 2. The molecule has 2 unspecified atom stereocenters. The Morgan fingerprint density at radius 2 is 1.96 bits per heavy atom. The third-order valence-corrected chi connectivity index (χ3v) is 6.90. The smallest absolute Gasteiger partial charge is 0.263 e. The molecular formula is C17H23Cl2N3OS2. The van der Waals surface area contributed by atoms with Crippen LogP contribution in [0.25, 0.3) is 10.6 Å². The highest BCUT2D eigenvalue weighted by molar-refractivity contribution is 7.17. The van der Waals surface area contributed by atoms with Gasteiger partial charge in [-0.25, -0.2) is 4.98 Å². The summed E-state index contributed by atoms with van der Waals surface area (Å²) in [5.41, 5.74) is 7.26. The number of nitrogens with zero attached hydrogens (tertiary/aromatic N) is 1. The number of carbonyl (C=O) groups is 1. The fourth-order valence-electron chi connectivity index (χ4n) is 4.15. The molecule has 0 aliphatic heterocycles. The van der Waals surface area contributed by atoms with Crippen molar-refractivity contribution in [1.29, 1.82) is 0 Å². The Morgan fingerprint density at radius 3 is 2.60 bits per heavy atom. The van der Waals surface area contributed by atoms with Crippen LogP contribution in [0.4, 0.5) is 0 Å². The highest BCUT2D eigenvalue weighted by Gasteiger charge is 2.40. The van der Waals surface area contributed by atoms with Crippen molar-refractivity contribution in [3.63, 3.8) is 0 Å². The molecular weight excluding hydrogens is 397 g/mol. The first-order chi connectivity index (χ1) is 11.2. The van der Waals surface area contributed by atoms with Gasteiger partial charge in [0.15, 0.2) is 0 Å².